The number of rotatable bonds is 3. The SMILES string of the molecule is Cc1cc(N=C2CN(Sc3ccc(Cl)cc3N)Cc3nccn32)n[nH]1. The number of nitrogens with zero attached hydrogens (tertiary/aromatic N) is 5. The van der Waals surface area contributed by atoms with E-state index in [1.54, 1.807) is 24.2 Å². The average Bonchev–Trinajstić information content (AvgIpc) is 3.19. The molecule has 7 nitrogen and oxygen atoms in total. The fraction of sp³-hybridized carbons (Fsp3) is 0.188. The number of aromatic amines is 1. The Labute approximate surface area is 154 Å². The van der Waals surface area contributed by atoms with Crippen molar-refractivity contribution in [3.05, 3.63) is 53.2 Å². The molecule has 0 unspecified atom stereocenters. The molecule has 0 radical (unpaired) electrons. The number of aliphatic imine (C=N–C) groups is 1. The van der Waals surface area contributed by atoms with E-state index in [9.17, 15) is 0 Å². The van der Waals surface area contributed by atoms with Gasteiger partial charge in [0, 0.05) is 39.8 Å². The zero-order valence-electron chi connectivity index (χ0n) is 13.5. The van der Waals surface area contributed by atoms with Gasteiger partial charge in [-0.3, -0.25) is 9.67 Å². The van der Waals surface area contributed by atoms with Crippen LogP contribution < -0.4 is 5.73 Å². The lowest BCUT2D eigenvalue weighted by Crippen LogP contribution is -2.35. The van der Waals surface area contributed by atoms with Crippen LogP contribution in [0.4, 0.5) is 11.5 Å². The number of hydrogen-bond donors (Lipinski definition) is 2. The maximum absolute atomic E-state index is 6.08. The van der Waals surface area contributed by atoms with Gasteiger partial charge >= 0.3 is 0 Å². The summed E-state index contributed by atoms with van der Waals surface area (Å²) >= 11 is 7.56. The maximum atomic E-state index is 6.08. The van der Waals surface area contributed by atoms with E-state index in [1.807, 2.05) is 35.9 Å². The van der Waals surface area contributed by atoms with E-state index in [1.165, 1.54) is 0 Å². The quantitative estimate of drug-likeness (QED) is 0.543. The van der Waals surface area contributed by atoms with Crippen molar-refractivity contribution in [2.24, 2.45) is 4.99 Å². The van der Waals surface area contributed by atoms with Gasteiger partial charge in [-0.1, -0.05) is 11.6 Å². The molecule has 1 aliphatic rings. The van der Waals surface area contributed by atoms with Crippen molar-refractivity contribution >= 4 is 40.9 Å². The number of H-pyrrole nitrogens is 1. The summed E-state index contributed by atoms with van der Waals surface area (Å²) in [7, 11) is 0. The number of aromatic nitrogens is 4. The molecule has 0 spiro atoms. The van der Waals surface area contributed by atoms with E-state index in [2.05, 4.69) is 24.5 Å². The van der Waals surface area contributed by atoms with Crippen molar-refractivity contribution in [3.8, 4) is 0 Å². The predicted octanol–water partition coefficient (Wildman–Crippen LogP) is 3.25. The smallest absolute Gasteiger partial charge is 0.175 e. The molecule has 25 heavy (non-hydrogen) atoms. The van der Waals surface area contributed by atoms with Crippen LogP contribution in [0.2, 0.25) is 5.02 Å². The van der Waals surface area contributed by atoms with E-state index >= 15 is 0 Å². The third-order valence-electron chi connectivity index (χ3n) is 3.77. The lowest BCUT2D eigenvalue weighted by Gasteiger charge is -2.27. The summed E-state index contributed by atoms with van der Waals surface area (Å²) in [6.45, 7) is 3.28. The van der Waals surface area contributed by atoms with Gasteiger partial charge in [-0.05, 0) is 37.1 Å². The molecule has 128 valence electrons. The zero-order valence-corrected chi connectivity index (χ0v) is 15.1. The number of anilines is 1. The molecule has 9 heteroatoms. The number of fused-ring (bicyclic) bond motifs is 1. The van der Waals surface area contributed by atoms with Gasteiger partial charge in [0.15, 0.2) is 5.82 Å². The lowest BCUT2D eigenvalue weighted by atomic mass is 10.3. The Morgan fingerprint density at radius 1 is 1.32 bits per heavy atom. The van der Waals surface area contributed by atoms with Crippen LogP contribution in [0.25, 0.3) is 0 Å². The molecule has 0 saturated carbocycles. The molecule has 1 aromatic carbocycles. The number of hydrogen-bond acceptors (Lipinski definition) is 6. The van der Waals surface area contributed by atoms with Crippen molar-refractivity contribution in [1.29, 1.82) is 0 Å². The van der Waals surface area contributed by atoms with Crippen molar-refractivity contribution in [2.75, 3.05) is 12.3 Å². The number of imidazole rings is 1. The molecule has 4 rings (SSSR count). The zero-order chi connectivity index (χ0) is 17.4. The van der Waals surface area contributed by atoms with Gasteiger partial charge in [0.25, 0.3) is 0 Å². The Morgan fingerprint density at radius 2 is 2.20 bits per heavy atom. The highest BCUT2D eigenvalue weighted by molar-refractivity contribution is 7.97. The molecule has 0 bridgehead atoms. The molecule has 1 aliphatic heterocycles. The normalized spacial score (nSPS) is 16.3. The minimum absolute atomic E-state index is 0.632. The Hall–Kier alpha value is -2.29. The van der Waals surface area contributed by atoms with Gasteiger partial charge in [-0.2, -0.15) is 5.10 Å². The molecule has 0 fully saturated rings. The first kappa shape index (κ1) is 16.2. The van der Waals surface area contributed by atoms with E-state index in [4.69, 9.17) is 17.3 Å². The Morgan fingerprint density at radius 3 is 2.96 bits per heavy atom. The summed E-state index contributed by atoms with van der Waals surface area (Å²) < 4.78 is 4.17. The number of benzene rings is 1. The maximum Gasteiger partial charge on any atom is 0.175 e. The summed E-state index contributed by atoms with van der Waals surface area (Å²) in [5.74, 6) is 2.45. The summed E-state index contributed by atoms with van der Waals surface area (Å²) in [5.41, 5.74) is 7.71. The van der Waals surface area contributed by atoms with Crippen LogP contribution in [0.5, 0.6) is 0 Å². The van der Waals surface area contributed by atoms with Crippen LogP contribution in [-0.4, -0.2) is 36.4 Å². The highest BCUT2D eigenvalue weighted by Gasteiger charge is 2.23. The Bertz CT molecular complexity index is 946. The minimum Gasteiger partial charge on any atom is -0.398 e. The van der Waals surface area contributed by atoms with E-state index in [0.29, 0.717) is 29.6 Å². The van der Waals surface area contributed by atoms with Crippen LogP contribution in [-0.2, 0) is 6.54 Å². The van der Waals surface area contributed by atoms with Crippen molar-refractivity contribution < 1.29 is 0 Å². The fourth-order valence-corrected chi connectivity index (χ4v) is 3.73. The van der Waals surface area contributed by atoms with Gasteiger partial charge in [-0.15, -0.1) is 0 Å². The van der Waals surface area contributed by atoms with E-state index in [-0.39, 0.29) is 0 Å². The van der Waals surface area contributed by atoms with Gasteiger partial charge in [0.05, 0.1) is 13.1 Å². The third kappa shape index (κ3) is 3.41. The third-order valence-corrected chi connectivity index (χ3v) is 5.09. The molecule has 3 heterocycles. The van der Waals surface area contributed by atoms with Crippen LogP contribution >= 0.6 is 23.5 Å². The van der Waals surface area contributed by atoms with Crippen molar-refractivity contribution in [1.82, 2.24) is 24.1 Å². The summed E-state index contributed by atoms with van der Waals surface area (Å²) in [6, 6.07) is 7.44. The average molecular weight is 374 g/mol. The molecular formula is C16H16ClN7S. The number of halogens is 1. The van der Waals surface area contributed by atoms with Crippen LogP contribution in [0, 0.1) is 6.92 Å². The highest BCUT2D eigenvalue weighted by Crippen LogP contribution is 2.32. The Kier molecular flexibility index (Phi) is 4.24. The van der Waals surface area contributed by atoms with E-state index < -0.39 is 0 Å². The topological polar surface area (TPSA) is 88.1 Å². The van der Waals surface area contributed by atoms with E-state index in [0.717, 1.165) is 22.2 Å². The first-order valence-corrected chi connectivity index (χ1v) is 8.84. The first-order chi connectivity index (χ1) is 12.1. The standard InChI is InChI=1S/C16H16ClN7S/c1-10-6-14(22-21-10)20-16-9-23(8-15-19-4-5-24(15)16)25-13-3-2-11(17)7-12(13)18/h2-7H,8-9,18H2,1H3,(H,21,22). The van der Waals surface area contributed by atoms with Crippen LogP contribution in [0.1, 0.15) is 11.5 Å². The molecular weight excluding hydrogens is 358 g/mol. The van der Waals surface area contributed by atoms with Crippen molar-refractivity contribution in [3.63, 3.8) is 0 Å². The lowest BCUT2D eigenvalue weighted by molar-refractivity contribution is 0.479. The number of nitrogen functional groups attached to an aromatic ring is 1. The minimum atomic E-state index is 0.632. The van der Waals surface area contributed by atoms with Gasteiger partial charge in [0.1, 0.15) is 11.7 Å². The predicted molar refractivity (Wildman–Crippen MR) is 100 cm³/mol. The molecule has 0 atom stereocenters. The summed E-state index contributed by atoms with van der Waals surface area (Å²) in [5, 5.41) is 7.74. The fourth-order valence-electron chi connectivity index (χ4n) is 2.62. The second-order valence-electron chi connectivity index (χ2n) is 5.72. The molecule has 0 amide bonds. The number of nitrogens with one attached hydrogen (secondary N) is 1. The molecule has 0 aliphatic carbocycles. The largest absolute Gasteiger partial charge is 0.398 e. The summed E-state index contributed by atoms with van der Waals surface area (Å²) in [6.07, 6.45) is 3.71. The van der Waals surface area contributed by atoms with Gasteiger partial charge in [-0.25, -0.2) is 14.3 Å². The molecule has 3 N–H and O–H groups in total. The summed E-state index contributed by atoms with van der Waals surface area (Å²) in [4.78, 5) is 10.1. The van der Waals surface area contributed by atoms with Gasteiger partial charge in [0.2, 0.25) is 0 Å². The van der Waals surface area contributed by atoms with Crippen LogP contribution in [0.3, 0.4) is 0 Å². The number of nitrogens with two attached hydrogens (primary N) is 1. The molecule has 3 aromatic rings. The van der Waals surface area contributed by atoms with Gasteiger partial charge < -0.3 is 5.73 Å². The highest BCUT2D eigenvalue weighted by atomic mass is 35.5. The second-order valence-corrected chi connectivity index (χ2v) is 7.30. The first-order valence-electron chi connectivity index (χ1n) is 7.68. The van der Waals surface area contributed by atoms with Crippen LogP contribution in [0.15, 0.2) is 46.5 Å². The Balaban J connectivity index is 1.63. The molecule has 0 saturated heterocycles. The molecule has 2 aromatic heterocycles. The monoisotopic (exact) mass is 373 g/mol. The number of aryl methyl sites for hydroxylation is 1. The van der Waals surface area contributed by atoms with Crippen molar-refractivity contribution in [2.45, 2.75) is 18.4 Å². The second kappa shape index (κ2) is 6.55.